The molecule has 19 heavy (non-hydrogen) atoms. The topological polar surface area (TPSA) is 29.5 Å². The second-order valence-electron chi connectivity index (χ2n) is 5.72. The predicted octanol–water partition coefficient (Wildman–Crippen LogP) is 4.40. The molecule has 1 saturated carbocycles. The zero-order valence-electron chi connectivity index (χ0n) is 12.2. The Hall–Kier alpha value is -1.02. The molecule has 2 nitrogen and oxygen atoms in total. The van der Waals surface area contributed by atoms with Crippen molar-refractivity contribution in [2.24, 2.45) is 5.92 Å². The average molecular weight is 262 g/mol. The molecule has 1 N–H and O–H groups in total. The van der Waals surface area contributed by atoms with Crippen LogP contribution in [0.3, 0.4) is 0 Å². The summed E-state index contributed by atoms with van der Waals surface area (Å²) in [5.74, 6) is 1.67. The van der Waals surface area contributed by atoms with Crippen LogP contribution in [-0.4, -0.2) is 11.7 Å². The highest BCUT2D eigenvalue weighted by molar-refractivity contribution is 5.38. The predicted molar refractivity (Wildman–Crippen MR) is 78.5 cm³/mol. The molecular weight excluding hydrogens is 236 g/mol. The molecule has 2 heteroatoms. The molecule has 0 radical (unpaired) electrons. The molecule has 1 aliphatic rings. The minimum absolute atomic E-state index is 0.387. The van der Waals surface area contributed by atoms with E-state index >= 15 is 0 Å². The molecule has 0 bridgehead atoms. The lowest BCUT2D eigenvalue weighted by molar-refractivity contribution is 0.152. The Morgan fingerprint density at radius 1 is 1.32 bits per heavy atom. The Labute approximate surface area is 116 Å². The molecule has 0 heterocycles. The van der Waals surface area contributed by atoms with Crippen LogP contribution < -0.4 is 4.74 Å². The first-order chi connectivity index (χ1) is 9.20. The Bertz CT molecular complexity index is 394. The maximum absolute atomic E-state index is 10.4. The summed E-state index contributed by atoms with van der Waals surface area (Å²) in [4.78, 5) is 0. The van der Waals surface area contributed by atoms with Crippen LogP contribution in [0, 0.1) is 12.8 Å². The molecule has 1 unspecified atom stereocenters. The Morgan fingerprint density at radius 2 is 2.05 bits per heavy atom. The van der Waals surface area contributed by atoms with Gasteiger partial charge in [-0.2, -0.15) is 0 Å². The highest BCUT2D eigenvalue weighted by Gasteiger charge is 2.19. The van der Waals surface area contributed by atoms with E-state index < -0.39 is 0 Å². The third-order valence-electron chi connectivity index (χ3n) is 4.15. The number of hydrogen-bond donors (Lipinski definition) is 1. The highest BCUT2D eigenvalue weighted by atomic mass is 16.5. The second kappa shape index (κ2) is 6.95. The molecule has 0 saturated heterocycles. The first kappa shape index (κ1) is 14.4. The molecule has 1 aromatic rings. The van der Waals surface area contributed by atoms with E-state index in [0.717, 1.165) is 30.1 Å². The van der Waals surface area contributed by atoms with Crippen LogP contribution in [0.4, 0.5) is 0 Å². The number of ether oxygens (including phenoxy) is 1. The van der Waals surface area contributed by atoms with Gasteiger partial charge in [0.05, 0.1) is 12.7 Å². The van der Waals surface area contributed by atoms with Gasteiger partial charge < -0.3 is 9.84 Å². The van der Waals surface area contributed by atoms with Gasteiger partial charge in [-0.05, 0) is 44.7 Å². The SMILES string of the molecule is CCOc1ccc(C)cc1C(O)CCC1CCCC1. The van der Waals surface area contributed by atoms with Crippen LogP contribution in [-0.2, 0) is 0 Å². The maximum atomic E-state index is 10.4. The zero-order chi connectivity index (χ0) is 13.7. The van der Waals surface area contributed by atoms with Gasteiger partial charge in [0.15, 0.2) is 0 Å². The molecule has 0 amide bonds. The normalized spacial score (nSPS) is 17.6. The van der Waals surface area contributed by atoms with Gasteiger partial charge in [-0.3, -0.25) is 0 Å². The van der Waals surface area contributed by atoms with Gasteiger partial charge in [-0.1, -0.05) is 37.3 Å². The van der Waals surface area contributed by atoms with Crippen molar-refractivity contribution in [1.82, 2.24) is 0 Å². The van der Waals surface area contributed by atoms with Gasteiger partial charge in [0.1, 0.15) is 5.75 Å². The zero-order valence-corrected chi connectivity index (χ0v) is 12.2. The van der Waals surface area contributed by atoms with E-state index in [9.17, 15) is 5.11 Å². The number of rotatable bonds is 6. The van der Waals surface area contributed by atoms with E-state index in [1.807, 2.05) is 19.1 Å². The minimum Gasteiger partial charge on any atom is -0.493 e. The van der Waals surface area contributed by atoms with Crippen molar-refractivity contribution in [2.45, 2.75) is 58.5 Å². The Kier molecular flexibility index (Phi) is 5.26. The van der Waals surface area contributed by atoms with Crippen molar-refractivity contribution in [2.75, 3.05) is 6.61 Å². The summed E-state index contributed by atoms with van der Waals surface area (Å²) in [6.45, 7) is 4.68. The van der Waals surface area contributed by atoms with Crippen molar-refractivity contribution in [3.05, 3.63) is 29.3 Å². The summed E-state index contributed by atoms with van der Waals surface area (Å²) >= 11 is 0. The molecule has 1 atom stereocenters. The largest absolute Gasteiger partial charge is 0.493 e. The third-order valence-corrected chi connectivity index (χ3v) is 4.15. The summed E-state index contributed by atoms with van der Waals surface area (Å²) in [6, 6.07) is 6.08. The summed E-state index contributed by atoms with van der Waals surface area (Å²) in [7, 11) is 0. The number of aryl methyl sites for hydroxylation is 1. The lowest BCUT2D eigenvalue weighted by Gasteiger charge is -2.18. The first-order valence-corrected chi connectivity index (χ1v) is 7.62. The van der Waals surface area contributed by atoms with E-state index in [0.29, 0.717) is 6.61 Å². The van der Waals surface area contributed by atoms with Crippen molar-refractivity contribution < 1.29 is 9.84 Å². The van der Waals surface area contributed by atoms with Gasteiger partial charge in [-0.25, -0.2) is 0 Å². The number of aliphatic hydroxyl groups is 1. The van der Waals surface area contributed by atoms with Crippen LogP contribution in [0.15, 0.2) is 18.2 Å². The molecule has 0 spiro atoms. The van der Waals surface area contributed by atoms with Gasteiger partial charge >= 0.3 is 0 Å². The smallest absolute Gasteiger partial charge is 0.125 e. The molecule has 1 fully saturated rings. The van der Waals surface area contributed by atoms with Gasteiger partial charge in [0, 0.05) is 5.56 Å². The molecule has 1 aromatic carbocycles. The van der Waals surface area contributed by atoms with E-state index in [1.165, 1.54) is 31.2 Å². The van der Waals surface area contributed by atoms with Crippen LogP contribution in [0.25, 0.3) is 0 Å². The second-order valence-corrected chi connectivity index (χ2v) is 5.72. The molecule has 0 aromatic heterocycles. The van der Waals surface area contributed by atoms with E-state index in [-0.39, 0.29) is 6.10 Å². The molecule has 0 aliphatic heterocycles. The van der Waals surface area contributed by atoms with Crippen molar-refractivity contribution in [3.63, 3.8) is 0 Å². The van der Waals surface area contributed by atoms with Gasteiger partial charge in [0.2, 0.25) is 0 Å². The monoisotopic (exact) mass is 262 g/mol. The summed E-state index contributed by atoms with van der Waals surface area (Å²) in [5, 5.41) is 10.4. The number of hydrogen-bond acceptors (Lipinski definition) is 2. The standard InChI is InChI=1S/C17H26O2/c1-3-19-17-11-8-13(2)12-15(17)16(18)10-9-14-6-4-5-7-14/h8,11-12,14,16,18H,3-7,9-10H2,1-2H3. The Balaban J connectivity index is 1.99. The lowest BCUT2D eigenvalue weighted by atomic mass is 9.95. The maximum Gasteiger partial charge on any atom is 0.125 e. The van der Waals surface area contributed by atoms with E-state index in [2.05, 4.69) is 13.0 Å². The van der Waals surface area contributed by atoms with Crippen molar-refractivity contribution in [3.8, 4) is 5.75 Å². The summed E-state index contributed by atoms with van der Waals surface area (Å²) in [6.07, 6.45) is 7.04. The quantitative estimate of drug-likeness (QED) is 0.823. The van der Waals surface area contributed by atoms with Crippen LogP contribution >= 0.6 is 0 Å². The Morgan fingerprint density at radius 3 is 2.74 bits per heavy atom. The summed E-state index contributed by atoms with van der Waals surface area (Å²) < 4.78 is 5.62. The fraction of sp³-hybridized carbons (Fsp3) is 0.647. The highest BCUT2D eigenvalue weighted by Crippen LogP contribution is 2.34. The minimum atomic E-state index is -0.387. The van der Waals surface area contributed by atoms with Crippen LogP contribution in [0.2, 0.25) is 0 Å². The van der Waals surface area contributed by atoms with E-state index in [1.54, 1.807) is 0 Å². The van der Waals surface area contributed by atoms with Crippen LogP contribution in [0.5, 0.6) is 5.75 Å². The van der Waals surface area contributed by atoms with E-state index in [4.69, 9.17) is 4.74 Å². The average Bonchev–Trinajstić information content (AvgIpc) is 2.91. The van der Waals surface area contributed by atoms with Gasteiger partial charge in [0.25, 0.3) is 0 Å². The lowest BCUT2D eigenvalue weighted by Crippen LogP contribution is -2.05. The third kappa shape index (κ3) is 3.97. The fourth-order valence-corrected chi connectivity index (χ4v) is 3.06. The molecule has 106 valence electrons. The van der Waals surface area contributed by atoms with Crippen molar-refractivity contribution in [1.29, 1.82) is 0 Å². The van der Waals surface area contributed by atoms with Crippen LogP contribution in [0.1, 0.15) is 62.7 Å². The summed E-state index contributed by atoms with van der Waals surface area (Å²) in [5.41, 5.74) is 2.14. The molecule has 2 rings (SSSR count). The molecule has 1 aliphatic carbocycles. The molecular formula is C17H26O2. The fourth-order valence-electron chi connectivity index (χ4n) is 3.06. The van der Waals surface area contributed by atoms with Gasteiger partial charge in [-0.15, -0.1) is 0 Å². The number of aliphatic hydroxyl groups excluding tert-OH is 1. The first-order valence-electron chi connectivity index (χ1n) is 7.62. The number of benzene rings is 1. The van der Waals surface area contributed by atoms with Crippen molar-refractivity contribution >= 4 is 0 Å².